The molecule has 0 aliphatic rings. The third-order valence-electron chi connectivity index (χ3n) is 5.03. The summed E-state index contributed by atoms with van der Waals surface area (Å²) in [4.78, 5) is 71.7. The van der Waals surface area contributed by atoms with Crippen molar-refractivity contribution in [3.05, 3.63) is 29.8 Å². The van der Waals surface area contributed by atoms with E-state index in [4.69, 9.17) is 7.10 Å². The monoisotopic (exact) mass is 602 g/mol. The number of primary amides is 1. The van der Waals surface area contributed by atoms with Gasteiger partial charge in [0.05, 0.1) is 17.0 Å². The predicted molar refractivity (Wildman–Crippen MR) is 139 cm³/mol. The summed E-state index contributed by atoms with van der Waals surface area (Å²) in [7, 11) is 0. The van der Waals surface area contributed by atoms with Gasteiger partial charge in [0.1, 0.15) is 7.63 Å². The summed E-state index contributed by atoms with van der Waals surface area (Å²) in [6, 6.07) is 4.63. The first-order valence-corrected chi connectivity index (χ1v) is 12.6. The Hall–Kier alpha value is -3.03. The van der Waals surface area contributed by atoms with Gasteiger partial charge in [0, 0.05) is 30.1 Å². The largest absolute Gasteiger partial charge is 0.352 e. The van der Waals surface area contributed by atoms with Gasteiger partial charge < -0.3 is 31.8 Å². The van der Waals surface area contributed by atoms with Crippen molar-refractivity contribution in [1.29, 1.82) is 0 Å². The van der Waals surface area contributed by atoms with Gasteiger partial charge in [-0.2, -0.15) is 0 Å². The van der Waals surface area contributed by atoms with E-state index in [9.17, 15) is 28.8 Å². The fraction of sp³-hybridized carbons (Fsp3) is 0.478. The van der Waals surface area contributed by atoms with Crippen LogP contribution in [0.1, 0.15) is 44.8 Å². The van der Waals surface area contributed by atoms with Crippen LogP contribution in [-0.2, 0) is 19.2 Å². The van der Waals surface area contributed by atoms with Gasteiger partial charge in [0.15, 0.2) is 5.78 Å². The summed E-state index contributed by atoms with van der Waals surface area (Å²) < 4.78 is 7.25. The molecule has 0 aromatic heterocycles. The van der Waals surface area contributed by atoms with Crippen LogP contribution >= 0.6 is 22.6 Å². The number of amides is 5. The first-order chi connectivity index (χ1) is 16.9. The number of Topliss-reactive ketones (excluding diaryl/α,β-unsaturated/α-hetero) is 1. The standard InChI is InChI=1S/C23H32IN5O6/c1-14(2)20(29-22(34)15-5-7-17(8-6-15)28-19(32)13-24)18(31)12-16(21(33)26-10-11-30)4-3-9-27-23(25)35/h5-8,11,14,16,20H,3-4,9-10,12-13H2,1-2H3,(H,26,33)(H,28,32)(H,29,34)(H3,25,27,35)/t16-,20+/m1/s1/i11D. The van der Waals surface area contributed by atoms with E-state index in [1.54, 1.807) is 26.0 Å². The zero-order valence-corrected chi connectivity index (χ0v) is 21.8. The highest BCUT2D eigenvalue weighted by Crippen LogP contribution is 2.17. The smallest absolute Gasteiger partial charge is 0.312 e. The number of halogens is 1. The molecule has 0 aliphatic carbocycles. The Morgan fingerprint density at radius 2 is 1.77 bits per heavy atom. The number of carbonyl (C=O) groups excluding carboxylic acids is 6. The molecule has 1 aromatic rings. The van der Waals surface area contributed by atoms with E-state index in [1.807, 2.05) is 22.6 Å². The van der Waals surface area contributed by atoms with Gasteiger partial charge in [0.25, 0.3) is 5.91 Å². The molecule has 1 aromatic carbocycles. The molecule has 11 nitrogen and oxygen atoms in total. The van der Waals surface area contributed by atoms with E-state index in [0.29, 0.717) is 17.7 Å². The van der Waals surface area contributed by atoms with E-state index < -0.39 is 42.6 Å². The number of benzene rings is 1. The molecule has 0 unspecified atom stereocenters. The molecule has 0 saturated heterocycles. The third kappa shape index (κ3) is 11.3. The number of nitrogens with two attached hydrogens (primary N) is 1. The van der Waals surface area contributed by atoms with Gasteiger partial charge in [-0.1, -0.05) is 36.4 Å². The molecule has 192 valence electrons. The number of ketones is 1. The number of hydrogen-bond donors (Lipinski definition) is 5. The zero-order valence-electron chi connectivity index (χ0n) is 20.7. The average Bonchev–Trinajstić information content (AvgIpc) is 2.82. The van der Waals surface area contributed by atoms with Gasteiger partial charge in [-0.15, -0.1) is 0 Å². The van der Waals surface area contributed by atoms with E-state index in [-0.39, 0.29) is 41.4 Å². The number of aldehydes is 1. The summed E-state index contributed by atoms with van der Waals surface area (Å²) >= 11 is 1.94. The van der Waals surface area contributed by atoms with Crippen molar-refractivity contribution in [1.82, 2.24) is 16.0 Å². The van der Waals surface area contributed by atoms with Gasteiger partial charge >= 0.3 is 6.03 Å². The molecule has 0 radical (unpaired) electrons. The maximum absolute atomic E-state index is 13.1. The third-order valence-corrected chi connectivity index (χ3v) is 5.73. The summed E-state index contributed by atoms with van der Waals surface area (Å²) in [5, 5.41) is 10.1. The molecule has 6 N–H and O–H groups in total. The fourth-order valence-corrected chi connectivity index (χ4v) is 3.46. The molecular weight excluding hydrogens is 569 g/mol. The van der Waals surface area contributed by atoms with E-state index in [0.717, 1.165) is 0 Å². The normalized spacial score (nSPS) is 12.6. The van der Waals surface area contributed by atoms with Gasteiger partial charge in [0.2, 0.25) is 11.8 Å². The second kappa shape index (κ2) is 15.8. The highest BCUT2D eigenvalue weighted by atomic mass is 127. The van der Waals surface area contributed by atoms with Crippen molar-refractivity contribution in [2.45, 2.75) is 39.2 Å². The van der Waals surface area contributed by atoms with Crippen molar-refractivity contribution < 1.29 is 30.1 Å². The first kappa shape index (κ1) is 28.2. The van der Waals surface area contributed by atoms with E-state index >= 15 is 0 Å². The number of alkyl halides is 1. The molecule has 0 saturated carbocycles. The minimum Gasteiger partial charge on any atom is -0.352 e. The zero-order chi connectivity index (χ0) is 27.3. The Morgan fingerprint density at radius 1 is 1.11 bits per heavy atom. The lowest BCUT2D eigenvalue weighted by Gasteiger charge is -2.24. The number of rotatable bonds is 15. The van der Waals surface area contributed by atoms with Crippen molar-refractivity contribution in [3.63, 3.8) is 0 Å². The number of hydrogen-bond acceptors (Lipinski definition) is 6. The molecule has 0 bridgehead atoms. The van der Waals surface area contributed by atoms with Crippen LogP contribution in [-0.4, -0.2) is 59.4 Å². The van der Waals surface area contributed by atoms with Crippen molar-refractivity contribution >= 4 is 64.1 Å². The van der Waals surface area contributed by atoms with Gasteiger partial charge in [-0.3, -0.25) is 19.2 Å². The van der Waals surface area contributed by atoms with E-state index in [2.05, 4.69) is 21.3 Å². The average molecular weight is 602 g/mol. The fourth-order valence-electron chi connectivity index (χ4n) is 3.27. The summed E-state index contributed by atoms with van der Waals surface area (Å²) in [5.41, 5.74) is 5.86. The summed E-state index contributed by atoms with van der Waals surface area (Å²) in [5.74, 6) is -2.70. The predicted octanol–water partition coefficient (Wildman–Crippen LogP) is 1.15. The van der Waals surface area contributed by atoms with Crippen LogP contribution in [0.3, 0.4) is 0 Å². The summed E-state index contributed by atoms with van der Waals surface area (Å²) in [6.45, 7) is 3.23. The quantitative estimate of drug-likeness (QED) is 0.0871. The van der Waals surface area contributed by atoms with Crippen LogP contribution < -0.4 is 27.0 Å². The highest BCUT2D eigenvalue weighted by molar-refractivity contribution is 14.1. The first-order valence-electron chi connectivity index (χ1n) is 11.5. The molecular formula is C23H32IN5O6. The Labute approximate surface area is 219 Å². The second-order valence-corrected chi connectivity index (χ2v) is 8.88. The lowest BCUT2D eigenvalue weighted by molar-refractivity contribution is -0.131. The molecule has 0 aliphatic heterocycles. The lowest BCUT2D eigenvalue weighted by atomic mass is 9.89. The topological polar surface area (TPSA) is 177 Å². The number of urea groups is 1. The van der Waals surface area contributed by atoms with Crippen LogP contribution in [0, 0.1) is 11.8 Å². The van der Waals surface area contributed by atoms with Crippen molar-refractivity contribution in [3.8, 4) is 0 Å². The van der Waals surface area contributed by atoms with Crippen LogP contribution in [0.5, 0.6) is 0 Å². The minimum atomic E-state index is -0.976. The Balaban J connectivity index is 2.89. The van der Waals surface area contributed by atoms with Crippen molar-refractivity contribution in [2.75, 3.05) is 22.8 Å². The lowest BCUT2D eigenvalue weighted by Crippen LogP contribution is -2.46. The Bertz CT molecular complexity index is 957. The number of carbonyl (C=O) groups is 6. The van der Waals surface area contributed by atoms with E-state index in [1.165, 1.54) is 12.1 Å². The van der Waals surface area contributed by atoms with Crippen LogP contribution in [0.25, 0.3) is 0 Å². The number of anilines is 1. The van der Waals surface area contributed by atoms with Gasteiger partial charge in [-0.25, -0.2) is 4.79 Å². The van der Waals surface area contributed by atoms with Crippen molar-refractivity contribution in [2.24, 2.45) is 17.6 Å². The SMILES string of the molecule is [2H]C(=O)CNC(=O)[C@H](CCCNC(N)=O)CC(=O)[C@@H](NC(=O)c1ccc(NC(=O)CI)cc1)C(C)C. The van der Waals surface area contributed by atoms with Gasteiger partial charge in [-0.05, 0) is 43.0 Å². The summed E-state index contributed by atoms with van der Waals surface area (Å²) in [6.07, 6.45) is -0.620. The minimum absolute atomic E-state index is 0.172. The van der Waals surface area contributed by atoms with Crippen LogP contribution in [0.2, 0.25) is 0 Å². The number of nitrogens with one attached hydrogen (secondary N) is 4. The molecule has 2 atom stereocenters. The Morgan fingerprint density at radius 3 is 2.31 bits per heavy atom. The van der Waals surface area contributed by atoms with Crippen LogP contribution in [0.4, 0.5) is 10.5 Å². The maximum atomic E-state index is 13.1. The maximum Gasteiger partial charge on any atom is 0.312 e. The molecule has 35 heavy (non-hydrogen) atoms. The van der Waals surface area contributed by atoms with Crippen LogP contribution in [0.15, 0.2) is 24.3 Å². The molecule has 0 heterocycles. The second-order valence-electron chi connectivity index (χ2n) is 8.12. The molecule has 5 amide bonds. The molecule has 1 rings (SSSR count). The Kier molecular flexibility index (Phi) is 12.7. The molecule has 12 heteroatoms. The molecule has 0 fully saturated rings. The highest BCUT2D eigenvalue weighted by Gasteiger charge is 2.29. The molecule has 0 spiro atoms.